The average molecular weight is 435 g/mol. The van der Waals surface area contributed by atoms with Gasteiger partial charge in [-0.25, -0.2) is 4.68 Å². The maximum atomic E-state index is 13.0. The molecule has 0 saturated heterocycles. The summed E-state index contributed by atoms with van der Waals surface area (Å²) in [4.78, 5) is 40.1. The fourth-order valence-electron chi connectivity index (χ4n) is 3.13. The molecule has 1 N–H and O–H groups in total. The minimum atomic E-state index is -0.455. The van der Waals surface area contributed by atoms with E-state index in [-0.39, 0.29) is 12.5 Å². The topological polar surface area (TPSA) is 93.5 Å². The Morgan fingerprint density at radius 3 is 2.90 bits per heavy atom. The van der Waals surface area contributed by atoms with Crippen molar-refractivity contribution in [1.29, 1.82) is 0 Å². The number of hydrogen-bond donors (Lipinski definition) is 1. The van der Waals surface area contributed by atoms with Crippen LogP contribution < -0.4 is 20.5 Å². The Morgan fingerprint density at radius 2 is 2.17 bits per heavy atom. The molecule has 2 aromatic rings. The van der Waals surface area contributed by atoms with Gasteiger partial charge < -0.3 is 15.0 Å². The third-order valence-electron chi connectivity index (χ3n) is 4.77. The molecule has 0 spiro atoms. The number of carbonyl (C=O) groups excluding carboxylic acids is 2. The summed E-state index contributed by atoms with van der Waals surface area (Å²) in [6.45, 7) is 0.245. The molecular formula is C19H19ClN4O4S. The van der Waals surface area contributed by atoms with Crippen LogP contribution in [0, 0.1) is 5.92 Å². The smallest absolute Gasteiger partial charge is 0.292 e. The number of amides is 2. The Hall–Kier alpha value is -2.52. The molecule has 1 fully saturated rings. The van der Waals surface area contributed by atoms with Crippen molar-refractivity contribution in [1.82, 2.24) is 9.78 Å². The molecule has 2 heterocycles. The zero-order chi connectivity index (χ0) is 20.5. The number of anilines is 2. The number of rotatable bonds is 6. The first kappa shape index (κ1) is 19.8. The molecule has 0 bridgehead atoms. The van der Waals surface area contributed by atoms with Gasteiger partial charge in [-0.1, -0.05) is 11.6 Å². The van der Waals surface area contributed by atoms with E-state index in [0.29, 0.717) is 45.3 Å². The number of nitrogens with one attached hydrogen (secondary N) is 1. The van der Waals surface area contributed by atoms with Gasteiger partial charge in [-0.3, -0.25) is 14.4 Å². The summed E-state index contributed by atoms with van der Waals surface area (Å²) >= 11 is 7.28. The van der Waals surface area contributed by atoms with Crippen LogP contribution in [0.25, 0.3) is 0 Å². The van der Waals surface area contributed by atoms with Crippen LogP contribution in [-0.2, 0) is 16.1 Å². The van der Waals surface area contributed by atoms with E-state index in [9.17, 15) is 14.4 Å². The summed E-state index contributed by atoms with van der Waals surface area (Å²) in [5, 5.41) is 7.24. The number of aromatic nitrogens is 2. The molecule has 0 radical (unpaired) electrons. The molecule has 0 atom stereocenters. The van der Waals surface area contributed by atoms with Gasteiger partial charge in [0, 0.05) is 11.6 Å². The van der Waals surface area contributed by atoms with Crippen molar-refractivity contribution >= 4 is 46.6 Å². The average Bonchev–Trinajstić information content (AvgIpc) is 3.50. The van der Waals surface area contributed by atoms with Gasteiger partial charge in [-0.2, -0.15) is 5.10 Å². The van der Waals surface area contributed by atoms with Gasteiger partial charge in [0.2, 0.25) is 11.8 Å². The Balaban J connectivity index is 1.57. The summed E-state index contributed by atoms with van der Waals surface area (Å²) in [5.41, 5.74) is 0.273. The molecule has 10 heteroatoms. The third kappa shape index (κ3) is 4.25. The largest absolute Gasteiger partial charge is 0.495 e. The van der Waals surface area contributed by atoms with Crippen LogP contribution in [0.5, 0.6) is 5.75 Å². The first-order chi connectivity index (χ1) is 14.0. The molecule has 0 unspecified atom stereocenters. The number of carbonyl (C=O) groups is 2. The van der Waals surface area contributed by atoms with Crippen LogP contribution in [0.4, 0.5) is 11.4 Å². The number of methoxy groups -OCH3 is 1. The standard InChI is InChI=1S/C19H19ClN4O4S/c1-28-14-5-4-12(20)6-13(14)22-16(25)9-24-19(27)18-15(7-21-24)29-10-17(26)23(18)8-11-2-3-11/h4-7,11H,2-3,8-10H2,1H3,(H,22,25). The molecule has 2 amide bonds. The molecule has 152 valence electrons. The van der Waals surface area contributed by atoms with Crippen molar-refractivity contribution < 1.29 is 14.3 Å². The summed E-state index contributed by atoms with van der Waals surface area (Å²) in [6.07, 6.45) is 3.67. The summed E-state index contributed by atoms with van der Waals surface area (Å²) in [5.74, 6) is 0.640. The van der Waals surface area contributed by atoms with Crippen LogP contribution in [0.1, 0.15) is 12.8 Å². The molecule has 1 aliphatic carbocycles. The van der Waals surface area contributed by atoms with Crippen molar-refractivity contribution in [3.8, 4) is 5.75 Å². The van der Waals surface area contributed by atoms with Crippen LogP contribution in [0.2, 0.25) is 5.02 Å². The normalized spacial score (nSPS) is 15.8. The van der Waals surface area contributed by atoms with Gasteiger partial charge in [0.25, 0.3) is 5.56 Å². The van der Waals surface area contributed by atoms with Crippen molar-refractivity contribution in [3.63, 3.8) is 0 Å². The van der Waals surface area contributed by atoms with Crippen LogP contribution in [0.15, 0.2) is 34.1 Å². The van der Waals surface area contributed by atoms with Gasteiger partial charge in [-0.05, 0) is 37.0 Å². The Labute approximate surface area is 176 Å². The highest BCUT2D eigenvalue weighted by atomic mass is 35.5. The zero-order valence-corrected chi connectivity index (χ0v) is 17.3. The van der Waals surface area contributed by atoms with Gasteiger partial charge in [-0.15, -0.1) is 11.8 Å². The number of hydrogen-bond acceptors (Lipinski definition) is 6. The van der Waals surface area contributed by atoms with Crippen molar-refractivity contribution in [2.45, 2.75) is 24.3 Å². The first-order valence-corrected chi connectivity index (χ1v) is 10.5. The highest BCUT2D eigenvalue weighted by Gasteiger charge is 2.34. The molecule has 1 aromatic heterocycles. The van der Waals surface area contributed by atoms with E-state index < -0.39 is 11.5 Å². The number of ether oxygens (including phenoxy) is 1. The highest BCUT2D eigenvalue weighted by molar-refractivity contribution is 8.00. The van der Waals surface area contributed by atoms with Crippen LogP contribution >= 0.6 is 23.4 Å². The van der Waals surface area contributed by atoms with Gasteiger partial charge in [0.15, 0.2) is 0 Å². The predicted octanol–water partition coefficient (Wildman–Crippen LogP) is 2.39. The van der Waals surface area contributed by atoms with Gasteiger partial charge in [0.05, 0.1) is 29.6 Å². The number of nitrogens with zero attached hydrogens (tertiary/aromatic N) is 3. The lowest BCUT2D eigenvalue weighted by Crippen LogP contribution is -2.43. The van der Waals surface area contributed by atoms with E-state index in [0.717, 1.165) is 17.5 Å². The number of halogens is 1. The number of thioether (sulfide) groups is 1. The second-order valence-electron chi connectivity index (χ2n) is 6.95. The molecule has 2 aliphatic rings. The maximum absolute atomic E-state index is 13.0. The van der Waals surface area contributed by atoms with Crippen molar-refractivity contribution in [2.24, 2.45) is 5.92 Å². The summed E-state index contributed by atoms with van der Waals surface area (Å²) < 4.78 is 6.29. The molecule has 1 saturated carbocycles. The lowest BCUT2D eigenvalue weighted by molar-refractivity contribution is -0.117. The lowest BCUT2D eigenvalue weighted by atomic mass is 10.3. The fourth-order valence-corrected chi connectivity index (χ4v) is 4.19. The number of benzene rings is 1. The first-order valence-electron chi connectivity index (χ1n) is 9.13. The van der Waals surface area contributed by atoms with E-state index in [1.165, 1.54) is 18.9 Å². The number of fused-ring (bicyclic) bond motifs is 1. The van der Waals surface area contributed by atoms with E-state index in [2.05, 4.69) is 10.4 Å². The molecule has 1 aliphatic heterocycles. The monoisotopic (exact) mass is 434 g/mol. The molecule has 8 nitrogen and oxygen atoms in total. The van der Waals surface area contributed by atoms with Gasteiger partial charge >= 0.3 is 0 Å². The second kappa shape index (κ2) is 8.08. The Kier molecular flexibility index (Phi) is 5.51. The zero-order valence-electron chi connectivity index (χ0n) is 15.7. The predicted molar refractivity (Wildman–Crippen MR) is 111 cm³/mol. The second-order valence-corrected chi connectivity index (χ2v) is 8.40. The SMILES string of the molecule is COc1ccc(Cl)cc1NC(=O)Cn1ncc2c(c1=O)N(CC1CC1)C(=O)CS2. The third-order valence-corrected chi connectivity index (χ3v) is 6.01. The summed E-state index contributed by atoms with van der Waals surface area (Å²) in [7, 11) is 1.48. The Morgan fingerprint density at radius 1 is 1.38 bits per heavy atom. The fraction of sp³-hybridized carbons (Fsp3) is 0.368. The maximum Gasteiger partial charge on any atom is 0.292 e. The van der Waals surface area contributed by atoms with Crippen LogP contribution in [-0.4, -0.2) is 41.0 Å². The van der Waals surface area contributed by atoms with E-state index >= 15 is 0 Å². The van der Waals surface area contributed by atoms with Crippen molar-refractivity contribution in [2.75, 3.05) is 29.6 Å². The van der Waals surface area contributed by atoms with Gasteiger partial charge in [0.1, 0.15) is 18.0 Å². The molecule has 4 rings (SSSR count). The minimum absolute atomic E-state index is 0.0858. The van der Waals surface area contributed by atoms with Crippen LogP contribution in [0.3, 0.4) is 0 Å². The summed E-state index contributed by atoms with van der Waals surface area (Å²) in [6, 6.07) is 4.85. The Bertz CT molecular complexity index is 1040. The van der Waals surface area contributed by atoms with E-state index in [4.69, 9.17) is 16.3 Å². The highest BCUT2D eigenvalue weighted by Crippen LogP contribution is 2.36. The lowest BCUT2D eigenvalue weighted by Gasteiger charge is -2.28. The minimum Gasteiger partial charge on any atom is -0.495 e. The van der Waals surface area contributed by atoms with E-state index in [1.807, 2.05) is 0 Å². The molecular weight excluding hydrogens is 416 g/mol. The van der Waals surface area contributed by atoms with E-state index in [1.54, 1.807) is 29.3 Å². The quantitative estimate of drug-likeness (QED) is 0.750. The molecule has 29 heavy (non-hydrogen) atoms. The molecule has 1 aromatic carbocycles. The van der Waals surface area contributed by atoms with Crippen molar-refractivity contribution in [3.05, 3.63) is 39.8 Å².